The summed E-state index contributed by atoms with van der Waals surface area (Å²) in [5.41, 5.74) is -0.0966. The molecule has 0 heterocycles. The molecule has 0 fully saturated rings. The zero-order chi connectivity index (χ0) is 24.6. The van der Waals surface area contributed by atoms with E-state index in [2.05, 4.69) is 0 Å². The molecular formula is C25H24F6O2. The molecule has 0 spiro atoms. The van der Waals surface area contributed by atoms with Crippen LogP contribution in [0.15, 0.2) is 48.5 Å². The molecule has 2 nitrogen and oxygen atoms in total. The van der Waals surface area contributed by atoms with Gasteiger partial charge in [-0.3, -0.25) is 0 Å². The number of fused-ring (bicyclic) bond motifs is 1. The molecule has 0 aliphatic heterocycles. The highest BCUT2D eigenvalue weighted by molar-refractivity contribution is 6.02. The van der Waals surface area contributed by atoms with Crippen LogP contribution in [0.5, 0.6) is 5.75 Å². The third kappa shape index (κ3) is 5.99. The molecule has 3 rings (SSSR count). The fourth-order valence-corrected chi connectivity index (χ4v) is 4.01. The van der Waals surface area contributed by atoms with Crippen molar-refractivity contribution >= 4 is 10.8 Å². The first kappa shape index (κ1) is 24.9. The summed E-state index contributed by atoms with van der Waals surface area (Å²) < 4.78 is 78.2. The average Bonchev–Trinajstić information content (AvgIpc) is 2.71. The Morgan fingerprint density at radius 3 is 1.70 bits per heavy atom. The van der Waals surface area contributed by atoms with E-state index < -0.39 is 43.6 Å². The molecule has 0 amide bonds. The number of hydrogen-bond donors (Lipinski definition) is 2. The van der Waals surface area contributed by atoms with Gasteiger partial charge in [0.1, 0.15) is 5.75 Å². The highest BCUT2D eigenvalue weighted by Gasteiger charge is 2.41. The maximum atomic E-state index is 13.0. The Balaban J connectivity index is 2.31. The number of halogens is 6. The standard InChI is InChI=1S/C25H24F6O2/c1-15-3-6-17(7-4-15)22-18-8-5-16(2)13-19(18)21(32)14-20(22)23(33,9-11-24(26,27)28)10-12-25(29,30)31/h3-8,13-14,32-33H,9-12H2,1-2H3. The lowest BCUT2D eigenvalue weighted by Crippen LogP contribution is -2.31. The van der Waals surface area contributed by atoms with E-state index in [-0.39, 0.29) is 11.3 Å². The molecule has 0 aliphatic carbocycles. The summed E-state index contributed by atoms with van der Waals surface area (Å²) in [6.07, 6.45) is -14.2. The monoisotopic (exact) mass is 470 g/mol. The van der Waals surface area contributed by atoms with Gasteiger partial charge in [-0.05, 0) is 60.9 Å². The fraction of sp³-hybridized carbons (Fsp3) is 0.360. The van der Waals surface area contributed by atoms with E-state index in [0.29, 0.717) is 21.9 Å². The van der Waals surface area contributed by atoms with Crippen LogP contribution in [-0.4, -0.2) is 22.6 Å². The van der Waals surface area contributed by atoms with Crippen molar-refractivity contribution < 1.29 is 36.6 Å². The van der Waals surface area contributed by atoms with Crippen LogP contribution in [0.25, 0.3) is 21.9 Å². The van der Waals surface area contributed by atoms with Crippen molar-refractivity contribution in [2.45, 2.75) is 57.5 Å². The van der Waals surface area contributed by atoms with Gasteiger partial charge in [-0.2, -0.15) is 26.3 Å². The van der Waals surface area contributed by atoms with E-state index in [1.54, 1.807) is 49.4 Å². The van der Waals surface area contributed by atoms with Gasteiger partial charge in [0.2, 0.25) is 0 Å². The first-order chi connectivity index (χ1) is 15.2. The van der Waals surface area contributed by atoms with Crippen LogP contribution in [0, 0.1) is 13.8 Å². The molecule has 2 N–H and O–H groups in total. The molecular weight excluding hydrogens is 446 g/mol. The fourth-order valence-electron chi connectivity index (χ4n) is 4.01. The van der Waals surface area contributed by atoms with Crippen LogP contribution < -0.4 is 0 Å². The summed E-state index contributed by atoms with van der Waals surface area (Å²) in [4.78, 5) is 0. The predicted molar refractivity (Wildman–Crippen MR) is 115 cm³/mol. The summed E-state index contributed by atoms with van der Waals surface area (Å²) >= 11 is 0. The molecule has 0 radical (unpaired) electrons. The topological polar surface area (TPSA) is 40.5 Å². The first-order valence-electron chi connectivity index (χ1n) is 10.4. The summed E-state index contributed by atoms with van der Waals surface area (Å²) in [6.45, 7) is 3.63. The van der Waals surface area contributed by atoms with E-state index in [0.717, 1.165) is 17.2 Å². The van der Waals surface area contributed by atoms with Crippen LogP contribution in [0.4, 0.5) is 26.3 Å². The van der Waals surface area contributed by atoms with Crippen molar-refractivity contribution in [2.24, 2.45) is 0 Å². The molecule has 0 atom stereocenters. The van der Waals surface area contributed by atoms with Crippen LogP contribution in [-0.2, 0) is 5.60 Å². The van der Waals surface area contributed by atoms with Crippen LogP contribution in [0.3, 0.4) is 0 Å². The third-order valence-corrected chi connectivity index (χ3v) is 5.76. The highest BCUT2D eigenvalue weighted by Crippen LogP contribution is 2.47. The van der Waals surface area contributed by atoms with Gasteiger partial charge in [0.15, 0.2) is 0 Å². The van der Waals surface area contributed by atoms with Gasteiger partial charge in [0, 0.05) is 18.2 Å². The average molecular weight is 470 g/mol. The number of aryl methyl sites for hydroxylation is 2. The molecule has 0 aromatic heterocycles. The number of rotatable bonds is 6. The van der Waals surface area contributed by atoms with E-state index in [4.69, 9.17) is 0 Å². The molecule has 3 aromatic carbocycles. The second-order valence-corrected chi connectivity index (χ2v) is 8.50. The summed E-state index contributed by atoms with van der Waals surface area (Å²) in [5.74, 6) is -0.322. The number of aliphatic hydroxyl groups is 1. The number of alkyl halides is 6. The molecule has 0 bridgehead atoms. The highest BCUT2D eigenvalue weighted by atomic mass is 19.4. The van der Waals surface area contributed by atoms with Gasteiger partial charge < -0.3 is 10.2 Å². The number of aromatic hydroxyl groups is 1. The van der Waals surface area contributed by atoms with Gasteiger partial charge in [0.05, 0.1) is 5.60 Å². The largest absolute Gasteiger partial charge is 0.507 e. The second-order valence-electron chi connectivity index (χ2n) is 8.50. The maximum absolute atomic E-state index is 13.0. The molecule has 0 saturated carbocycles. The van der Waals surface area contributed by atoms with Gasteiger partial charge in [0.25, 0.3) is 0 Å². The minimum atomic E-state index is -4.67. The maximum Gasteiger partial charge on any atom is 0.389 e. The minimum absolute atomic E-state index is 0.159. The van der Waals surface area contributed by atoms with Gasteiger partial charge >= 0.3 is 12.4 Å². The lowest BCUT2D eigenvalue weighted by molar-refractivity contribution is -0.161. The van der Waals surface area contributed by atoms with Gasteiger partial charge in [-0.15, -0.1) is 0 Å². The Morgan fingerprint density at radius 2 is 1.18 bits per heavy atom. The molecule has 0 aliphatic rings. The zero-order valence-electron chi connectivity index (χ0n) is 18.1. The molecule has 0 unspecified atom stereocenters. The normalized spacial score (nSPS) is 13.0. The number of benzene rings is 3. The number of phenols is 1. The van der Waals surface area contributed by atoms with Crippen molar-refractivity contribution in [3.63, 3.8) is 0 Å². The molecule has 8 heteroatoms. The van der Waals surface area contributed by atoms with E-state index in [9.17, 15) is 36.6 Å². The summed E-state index contributed by atoms with van der Waals surface area (Å²) in [5, 5.41) is 22.8. The van der Waals surface area contributed by atoms with Gasteiger partial charge in [-0.25, -0.2) is 0 Å². The Kier molecular flexibility index (Phi) is 6.71. The van der Waals surface area contributed by atoms with Crippen molar-refractivity contribution in [1.29, 1.82) is 0 Å². The minimum Gasteiger partial charge on any atom is -0.507 e. The van der Waals surface area contributed by atoms with Crippen molar-refractivity contribution in [3.8, 4) is 16.9 Å². The Labute approximate surface area is 187 Å². The van der Waals surface area contributed by atoms with Crippen molar-refractivity contribution in [3.05, 3.63) is 65.2 Å². The second kappa shape index (κ2) is 8.89. The third-order valence-electron chi connectivity index (χ3n) is 5.76. The summed E-state index contributed by atoms with van der Waals surface area (Å²) in [7, 11) is 0. The quantitative estimate of drug-likeness (QED) is 0.363. The molecule has 0 saturated heterocycles. The van der Waals surface area contributed by atoms with Crippen LogP contribution in [0.1, 0.15) is 42.4 Å². The van der Waals surface area contributed by atoms with E-state index in [1.165, 1.54) is 0 Å². The van der Waals surface area contributed by atoms with Crippen molar-refractivity contribution in [2.75, 3.05) is 0 Å². The van der Waals surface area contributed by atoms with Crippen LogP contribution >= 0.6 is 0 Å². The van der Waals surface area contributed by atoms with Crippen LogP contribution in [0.2, 0.25) is 0 Å². The Hall–Kier alpha value is -2.74. The zero-order valence-corrected chi connectivity index (χ0v) is 18.1. The lowest BCUT2D eigenvalue weighted by atomic mass is 9.78. The Morgan fingerprint density at radius 1 is 0.667 bits per heavy atom. The SMILES string of the molecule is Cc1ccc(-c2c(C(O)(CCC(F)(F)F)CCC(F)(F)F)cc(O)c3cc(C)ccc23)cc1. The number of phenolic OH excluding ortho intramolecular Hbond substituents is 1. The molecule has 3 aromatic rings. The van der Waals surface area contributed by atoms with Gasteiger partial charge in [-0.1, -0.05) is 47.5 Å². The smallest absolute Gasteiger partial charge is 0.389 e. The lowest BCUT2D eigenvalue weighted by Gasteiger charge is -2.33. The molecule has 33 heavy (non-hydrogen) atoms. The van der Waals surface area contributed by atoms with E-state index in [1.807, 2.05) is 6.92 Å². The van der Waals surface area contributed by atoms with E-state index >= 15 is 0 Å². The molecule has 178 valence electrons. The number of hydrogen-bond acceptors (Lipinski definition) is 2. The first-order valence-corrected chi connectivity index (χ1v) is 10.4. The van der Waals surface area contributed by atoms with Crippen molar-refractivity contribution in [1.82, 2.24) is 0 Å². The summed E-state index contributed by atoms with van der Waals surface area (Å²) in [6, 6.07) is 13.1. The predicted octanol–water partition coefficient (Wildman–Crippen LogP) is 7.70. The Bertz CT molecular complexity index is 1110.